The highest BCUT2D eigenvalue weighted by Gasteiger charge is 2.22. The molecule has 0 atom stereocenters. The number of hydrogen-bond donors (Lipinski definition) is 3. The number of halogens is 1. The van der Waals surface area contributed by atoms with Gasteiger partial charge in [0.2, 0.25) is 0 Å². The summed E-state index contributed by atoms with van der Waals surface area (Å²) in [5, 5.41) is 6.55. The molecule has 4 N–H and O–H groups in total. The molecular formula is C15H14ClN3O. The average Bonchev–Trinajstić information content (AvgIpc) is 2.47. The number of carbonyl (C=O) groups is 1. The van der Waals surface area contributed by atoms with Crippen molar-refractivity contribution in [3.8, 4) is 11.1 Å². The van der Waals surface area contributed by atoms with E-state index in [1.165, 1.54) is 0 Å². The van der Waals surface area contributed by atoms with Crippen molar-refractivity contribution in [3.63, 3.8) is 0 Å². The number of benzene rings is 2. The summed E-state index contributed by atoms with van der Waals surface area (Å²) in [7, 11) is 0. The normalized spacial score (nSPS) is 13.4. The van der Waals surface area contributed by atoms with E-state index >= 15 is 0 Å². The molecule has 0 saturated carbocycles. The molecule has 0 saturated heterocycles. The second kappa shape index (κ2) is 5.15. The number of amides is 1. The molecule has 102 valence electrons. The topological polar surface area (TPSA) is 67.2 Å². The second-order valence-corrected chi connectivity index (χ2v) is 4.96. The zero-order chi connectivity index (χ0) is 14.1. The Morgan fingerprint density at radius 3 is 2.65 bits per heavy atom. The van der Waals surface area contributed by atoms with Crippen LogP contribution >= 0.6 is 11.6 Å². The molecule has 4 nitrogen and oxygen atoms in total. The van der Waals surface area contributed by atoms with E-state index in [9.17, 15) is 4.79 Å². The van der Waals surface area contributed by atoms with E-state index in [4.69, 9.17) is 17.3 Å². The molecule has 1 heterocycles. The summed E-state index contributed by atoms with van der Waals surface area (Å²) in [6.07, 6.45) is 0. The van der Waals surface area contributed by atoms with Gasteiger partial charge in [0.1, 0.15) is 0 Å². The van der Waals surface area contributed by atoms with Gasteiger partial charge in [0.05, 0.1) is 12.2 Å². The molecule has 2 aromatic rings. The fraction of sp³-hybridized carbons (Fsp3) is 0.133. The van der Waals surface area contributed by atoms with Crippen LogP contribution in [-0.2, 0) is 6.54 Å². The Labute approximate surface area is 121 Å². The molecule has 2 aromatic carbocycles. The predicted molar refractivity (Wildman–Crippen MR) is 80.7 cm³/mol. The van der Waals surface area contributed by atoms with E-state index < -0.39 is 0 Å². The van der Waals surface area contributed by atoms with Crippen LogP contribution in [0.15, 0.2) is 36.4 Å². The average molecular weight is 288 g/mol. The number of carbonyl (C=O) groups excluding carboxylic acids is 1. The van der Waals surface area contributed by atoms with Crippen molar-refractivity contribution in [1.82, 2.24) is 5.32 Å². The molecule has 0 aliphatic carbocycles. The van der Waals surface area contributed by atoms with Crippen LogP contribution in [0, 0.1) is 0 Å². The van der Waals surface area contributed by atoms with Crippen molar-refractivity contribution >= 4 is 23.2 Å². The predicted octanol–water partition coefficient (Wildman–Crippen LogP) is 2.58. The van der Waals surface area contributed by atoms with Gasteiger partial charge in [-0.3, -0.25) is 4.79 Å². The van der Waals surface area contributed by atoms with Crippen LogP contribution in [0.25, 0.3) is 11.1 Å². The molecule has 0 bridgehead atoms. The van der Waals surface area contributed by atoms with Crippen LogP contribution in [0.1, 0.15) is 15.9 Å². The van der Waals surface area contributed by atoms with E-state index in [0.29, 0.717) is 17.3 Å². The second-order valence-electron chi connectivity index (χ2n) is 4.56. The molecule has 20 heavy (non-hydrogen) atoms. The molecule has 0 spiro atoms. The smallest absolute Gasteiger partial charge is 0.255 e. The first-order valence-corrected chi connectivity index (χ1v) is 6.73. The zero-order valence-electron chi connectivity index (χ0n) is 10.7. The van der Waals surface area contributed by atoms with Crippen molar-refractivity contribution in [2.24, 2.45) is 5.73 Å². The number of rotatable bonds is 2. The van der Waals surface area contributed by atoms with Crippen LogP contribution in [0.5, 0.6) is 0 Å². The van der Waals surface area contributed by atoms with E-state index in [1.54, 1.807) is 0 Å². The molecule has 0 radical (unpaired) electrons. The lowest BCUT2D eigenvalue weighted by Crippen LogP contribution is -2.36. The number of fused-ring (bicyclic) bond motifs is 1. The number of anilines is 1. The molecule has 1 amide bonds. The fourth-order valence-corrected chi connectivity index (χ4v) is 2.74. The van der Waals surface area contributed by atoms with Gasteiger partial charge in [0.15, 0.2) is 0 Å². The molecular weight excluding hydrogens is 274 g/mol. The Morgan fingerprint density at radius 1 is 1.10 bits per heavy atom. The Morgan fingerprint density at radius 2 is 1.90 bits per heavy atom. The summed E-state index contributed by atoms with van der Waals surface area (Å²) >= 11 is 6.25. The number of nitrogens with one attached hydrogen (secondary N) is 2. The lowest BCUT2D eigenvalue weighted by Gasteiger charge is -2.23. The third kappa shape index (κ3) is 2.03. The highest BCUT2D eigenvalue weighted by atomic mass is 35.5. The van der Waals surface area contributed by atoms with Crippen molar-refractivity contribution in [2.45, 2.75) is 6.54 Å². The van der Waals surface area contributed by atoms with E-state index in [1.807, 2.05) is 36.4 Å². The van der Waals surface area contributed by atoms with Gasteiger partial charge in [0.25, 0.3) is 5.91 Å². The zero-order valence-corrected chi connectivity index (χ0v) is 11.5. The molecule has 0 unspecified atom stereocenters. The highest BCUT2D eigenvalue weighted by molar-refractivity contribution is 6.33. The van der Waals surface area contributed by atoms with Gasteiger partial charge in [-0.1, -0.05) is 35.9 Å². The van der Waals surface area contributed by atoms with Gasteiger partial charge in [-0.15, -0.1) is 0 Å². The lowest BCUT2D eigenvalue weighted by atomic mass is 9.93. The SMILES string of the molecule is NCc1c(-c2ccccc2Cl)ccc2c1C(=O)NCN2. The Hall–Kier alpha value is -2.04. The van der Waals surface area contributed by atoms with E-state index in [2.05, 4.69) is 10.6 Å². The van der Waals surface area contributed by atoms with Crippen molar-refractivity contribution in [3.05, 3.63) is 52.5 Å². The van der Waals surface area contributed by atoms with E-state index in [-0.39, 0.29) is 12.5 Å². The summed E-state index contributed by atoms with van der Waals surface area (Å²) < 4.78 is 0. The molecule has 5 heteroatoms. The Kier molecular flexibility index (Phi) is 3.34. The third-order valence-corrected chi connectivity index (χ3v) is 3.77. The van der Waals surface area contributed by atoms with Crippen LogP contribution in [0.3, 0.4) is 0 Å². The molecule has 1 aliphatic rings. The fourth-order valence-electron chi connectivity index (χ4n) is 2.51. The van der Waals surface area contributed by atoms with Crippen LogP contribution < -0.4 is 16.4 Å². The molecule has 1 aliphatic heterocycles. The first kappa shape index (κ1) is 13.0. The Balaban J connectivity index is 2.25. The standard InChI is InChI=1S/C15H14ClN3O/c16-12-4-2-1-3-10(12)9-5-6-13-14(11(9)7-17)15(20)19-8-18-13/h1-6,18H,7-8,17H2,(H,19,20). The van der Waals surface area contributed by atoms with Gasteiger partial charge in [-0.05, 0) is 23.3 Å². The van der Waals surface area contributed by atoms with Gasteiger partial charge in [-0.2, -0.15) is 0 Å². The minimum absolute atomic E-state index is 0.104. The minimum atomic E-state index is -0.104. The van der Waals surface area contributed by atoms with Gasteiger partial charge >= 0.3 is 0 Å². The summed E-state index contributed by atoms with van der Waals surface area (Å²) in [6.45, 7) is 0.708. The van der Waals surface area contributed by atoms with Crippen LogP contribution in [-0.4, -0.2) is 12.6 Å². The number of hydrogen-bond acceptors (Lipinski definition) is 3. The summed E-state index contributed by atoms with van der Waals surface area (Å²) in [4.78, 5) is 12.1. The van der Waals surface area contributed by atoms with Gasteiger partial charge < -0.3 is 16.4 Å². The van der Waals surface area contributed by atoms with Crippen molar-refractivity contribution in [1.29, 1.82) is 0 Å². The van der Waals surface area contributed by atoms with Crippen molar-refractivity contribution < 1.29 is 4.79 Å². The monoisotopic (exact) mass is 287 g/mol. The summed E-state index contributed by atoms with van der Waals surface area (Å²) in [5.41, 5.74) is 9.88. The largest absolute Gasteiger partial charge is 0.367 e. The van der Waals surface area contributed by atoms with Gasteiger partial charge in [0, 0.05) is 22.8 Å². The molecule has 0 aromatic heterocycles. The lowest BCUT2D eigenvalue weighted by molar-refractivity contribution is 0.0952. The maximum Gasteiger partial charge on any atom is 0.255 e. The maximum absolute atomic E-state index is 12.1. The minimum Gasteiger partial charge on any atom is -0.367 e. The van der Waals surface area contributed by atoms with Crippen LogP contribution in [0.4, 0.5) is 5.69 Å². The quantitative estimate of drug-likeness (QED) is 0.795. The molecule has 3 rings (SSSR count). The first-order chi connectivity index (χ1) is 9.72. The number of nitrogens with two attached hydrogens (primary N) is 1. The summed E-state index contributed by atoms with van der Waals surface area (Å²) in [5.74, 6) is -0.104. The van der Waals surface area contributed by atoms with Gasteiger partial charge in [-0.25, -0.2) is 0 Å². The first-order valence-electron chi connectivity index (χ1n) is 6.35. The van der Waals surface area contributed by atoms with Crippen molar-refractivity contribution in [2.75, 3.05) is 12.0 Å². The summed E-state index contributed by atoms with van der Waals surface area (Å²) in [6, 6.07) is 11.4. The Bertz CT molecular complexity index is 685. The third-order valence-electron chi connectivity index (χ3n) is 3.44. The van der Waals surface area contributed by atoms with E-state index in [0.717, 1.165) is 22.4 Å². The van der Waals surface area contributed by atoms with Crippen LogP contribution in [0.2, 0.25) is 5.02 Å². The highest BCUT2D eigenvalue weighted by Crippen LogP contribution is 2.35. The molecule has 0 fully saturated rings. The maximum atomic E-state index is 12.1.